The van der Waals surface area contributed by atoms with Gasteiger partial charge >= 0.3 is 6.18 Å². The first-order valence-corrected chi connectivity index (χ1v) is 12.1. The van der Waals surface area contributed by atoms with Gasteiger partial charge in [0.05, 0.1) is 12.0 Å². The minimum absolute atomic E-state index is 0.0176. The number of benzene rings is 1. The van der Waals surface area contributed by atoms with Gasteiger partial charge in [0.25, 0.3) is 0 Å². The van der Waals surface area contributed by atoms with E-state index >= 15 is 0 Å². The van der Waals surface area contributed by atoms with Crippen molar-refractivity contribution in [2.24, 2.45) is 0 Å². The lowest BCUT2D eigenvalue weighted by Gasteiger charge is -2.48. The van der Waals surface area contributed by atoms with E-state index in [0.717, 1.165) is 38.1 Å². The van der Waals surface area contributed by atoms with Crippen LogP contribution in [0.15, 0.2) is 24.3 Å². The Morgan fingerprint density at radius 2 is 2.00 bits per heavy atom. The van der Waals surface area contributed by atoms with Crippen LogP contribution < -0.4 is 0 Å². The summed E-state index contributed by atoms with van der Waals surface area (Å²) in [5, 5.41) is 0. The van der Waals surface area contributed by atoms with Crippen molar-refractivity contribution in [1.29, 1.82) is 0 Å². The van der Waals surface area contributed by atoms with Crippen LogP contribution in [0.4, 0.5) is 13.2 Å². The van der Waals surface area contributed by atoms with Gasteiger partial charge in [0.1, 0.15) is 0 Å². The molecule has 0 radical (unpaired) electrons. The van der Waals surface area contributed by atoms with Crippen LogP contribution in [-0.2, 0) is 17.4 Å². The molecule has 166 valence electrons. The third-order valence-electron chi connectivity index (χ3n) is 7.22. The molecule has 3 aliphatic rings. The largest absolute Gasteiger partial charge is 0.416 e. The summed E-state index contributed by atoms with van der Waals surface area (Å²) in [5.74, 6) is 1.12. The summed E-state index contributed by atoms with van der Waals surface area (Å²) in [6, 6.07) is 5.69. The lowest BCUT2D eigenvalue weighted by atomic mass is 9.78. The maximum absolute atomic E-state index is 13.2. The Kier molecular flexibility index (Phi) is 6.40. The summed E-state index contributed by atoms with van der Waals surface area (Å²) >= 11 is 2.07. The molecule has 7 heteroatoms. The monoisotopic (exact) mass is 440 g/mol. The molecule has 1 amide bonds. The van der Waals surface area contributed by atoms with Crippen molar-refractivity contribution < 1.29 is 18.0 Å². The first kappa shape index (κ1) is 22.0. The van der Waals surface area contributed by atoms with Gasteiger partial charge in [-0.3, -0.25) is 9.69 Å². The minimum atomic E-state index is -4.39. The fourth-order valence-electron chi connectivity index (χ4n) is 5.57. The number of likely N-dealkylation sites (N-methyl/N-ethyl adjacent to an activating group) is 1. The smallest absolute Gasteiger partial charge is 0.341 e. The fourth-order valence-corrected chi connectivity index (χ4v) is 7.13. The maximum atomic E-state index is 13.2. The molecule has 1 saturated carbocycles. The van der Waals surface area contributed by atoms with E-state index in [0.29, 0.717) is 11.6 Å². The van der Waals surface area contributed by atoms with E-state index in [1.54, 1.807) is 6.07 Å². The second kappa shape index (κ2) is 8.73. The molecule has 30 heavy (non-hydrogen) atoms. The number of hydrogen-bond acceptors (Lipinski definition) is 3. The number of nitrogens with zero attached hydrogens (tertiary/aromatic N) is 2. The standard InChI is InChI=1S/C23H31F3N2OS/c1-27(21(29)15-17-6-4-7-18(14-17)23(24,25)26)20-16-22(9-5-13-30-22)10-8-19(20)28-11-2-3-12-28/h4,6-7,14,19-20H,2-3,5,8-13,15-16H2,1H3/t19-,20-,22-/m1/s1. The van der Waals surface area contributed by atoms with E-state index in [2.05, 4.69) is 16.7 Å². The molecule has 2 heterocycles. The van der Waals surface area contributed by atoms with Crippen molar-refractivity contribution in [3.8, 4) is 0 Å². The maximum Gasteiger partial charge on any atom is 0.416 e. The molecule has 1 aromatic rings. The summed E-state index contributed by atoms with van der Waals surface area (Å²) in [4.78, 5) is 17.6. The van der Waals surface area contributed by atoms with E-state index in [4.69, 9.17) is 0 Å². The zero-order valence-corrected chi connectivity index (χ0v) is 18.4. The van der Waals surface area contributed by atoms with Gasteiger partial charge in [-0.25, -0.2) is 0 Å². The number of likely N-dealkylation sites (tertiary alicyclic amines) is 1. The predicted molar refractivity (Wildman–Crippen MR) is 115 cm³/mol. The molecule has 1 aliphatic carbocycles. The Labute approximate surface area is 181 Å². The Morgan fingerprint density at radius 1 is 1.23 bits per heavy atom. The van der Waals surface area contributed by atoms with Crippen LogP contribution in [0.25, 0.3) is 0 Å². The number of halogens is 3. The van der Waals surface area contributed by atoms with Crippen molar-refractivity contribution in [1.82, 2.24) is 9.80 Å². The highest BCUT2D eigenvalue weighted by Gasteiger charge is 2.47. The van der Waals surface area contributed by atoms with Gasteiger partial charge in [0, 0.05) is 23.9 Å². The Hall–Kier alpha value is -1.21. The molecule has 0 aromatic heterocycles. The lowest BCUT2D eigenvalue weighted by Crippen LogP contribution is -2.57. The Bertz CT molecular complexity index is 757. The van der Waals surface area contributed by atoms with Gasteiger partial charge in [0.15, 0.2) is 0 Å². The average molecular weight is 441 g/mol. The first-order valence-electron chi connectivity index (χ1n) is 11.1. The Balaban J connectivity index is 1.50. The predicted octanol–water partition coefficient (Wildman–Crippen LogP) is 4.99. The van der Waals surface area contributed by atoms with Gasteiger partial charge in [0.2, 0.25) is 5.91 Å². The van der Waals surface area contributed by atoms with E-state index in [1.165, 1.54) is 43.9 Å². The Morgan fingerprint density at radius 3 is 2.67 bits per heavy atom. The highest BCUT2D eigenvalue weighted by atomic mass is 32.2. The van der Waals surface area contributed by atoms with Crippen LogP contribution in [0.3, 0.4) is 0 Å². The van der Waals surface area contributed by atoms with Crippen LogP contribution in [0, 0.1) is 0 Å². The van der Waals surface area contributed by atoms with Crippen LogP contribution in [0.5, 0.6) is 0 Å². The summed E-state index contributed by atoms with van der Waals surface area (Å²) in [5.41, 5.74) is -0.260. The third-order valence-corrected chi connectivity index (χ3v) is 8.90. The summed E-state index contributed by atoms with van der Waals surface area (Å²) in [7, 11) is 1.86. The molecule has 0 unspecified atom stereocenters. The van der Waals surface area contributed by atoms with Gasteiger partial charge < -0.3 is 4.90 Å². The molecule has 3 fully saturated rings. The molecule has 0 bridgehead atoms. The topological polar surface area (TPSA) is 23.6 Å². The SMILES string of the molecule is CN(C(=O)Cc1cccc(C(F)(F)F)c1)[C@@H]1C[C@@]2(CCCS2)CC[C@H]1N1CCCC1. The molecule has 3 nitrogen and oxygen atoms in total. The summed E-state index contributed by atoms with van der Waals surface area (Å²) in [6.45, 7) is 2.19. The number of carbonyl (C=O) groups excluding carboxylic acids is 1. The summed E-state index contributed by atoms with van der Waals surface area (Å²) < 4.78 is 39.4. The van der Waals surface area contributed by atoms with Crippen molar-refractivity contribution in [3.63, 3.8) is 0 Å². The number of thioether (sulfide) groups is 1. The molecular weight excluding hydrogens is 409 g/mol. The molecular formula is C23H31F3N2OS. The molecule has 3 atom stereocenters. The van der Waals surface area contributed by atoms with Crippen molar-refractivity contribution in [2.45, 2.75) is 74.4 Å². The average Bonchev–Trinajstić information content (AvgIpc) is 3.40. The summed E-state index contributed by atoms with van der Waals surface area (Å²) in [6.07, 6.45) is 3.85. The van der Waals surface area contributed by atoms with Crippen LogP contribution in [0.2, 0.25) is 0 Å². The molecule has 1 spiro atoms. The van der Waals surface area contributed by atoms with Gasteiger partial charge in [-0.15, -0.1) is 0 Å². The van der Waals surface area contributed by atoms with Gasteiger partial charge in [-0.05, 0) is 75.4 Å². The van der Waals surface area contributed by atoms with Gasteiger partial charge in [-0.1, -0.05) is 18.2 Å². The molecule has 2 saturated heterocycles. The van der Waals surface area contributed by atoms with Crippen molar-refractivity contribution in [2.75, 3.05) is 25.9 Å². The van der Waals surface area contributed by atoms with Crippen molar-refractivity contribution >= 4 is 17.7 Å². The zero-order chi connectivity index (χ0) is 21.4. The normalized spacial score (nSPS) is 30.1. The van der Waals surface area contributed by atoms with Gasteiger partial charge in [-0.2, -0.15) is 24.9 Å². The minimum Gasteiger partial charge on any atom is -0.341 e. The number of amides is 1. The second-order valence-corrected chi connectivity index (χ2v) is 10.7. The van der Waals surface area contributed by atoms with Crippen LogP contribution >= 0.6 is 11.8 Å². The zero-order valence-electron chi connectivity index (χ0n) is 17.6. The molecule has 2 aliphatic heterocycles. The molecule has 4 rings (SSSR count). The van der Waals surface area contributed by atoms with E-state index in [9.17, 15) is 18.0 Å². The fraction of sp³-hybridized carbons (Fsp3) is 0.696. The number of carbonyl (C=O) groups is 1. The quantitative estimate of drug-likeness (QED) is 0.659. The number of alkyl halides is 3. The number of rotatable bonds is 4. The molecule has 1 aromatic carbocycles. The van der Waals surface area contributed by atoms with E-state index in [-0.39, 0.29) is 23.1 Å². The third kappa shape index (κ3) is 4.67. The van der Waals surface area contributed by atoms with Crippen LogP contribution in [-0.4, -0.2) is 58.4 Å². The van der Waals surface area contributed by atoms with Crippen LogP contribution in [0.1, 0.15) is 56.1 Å². The molecule has 0 N–H and O–H groups in total. The number of hydrogen-bond donors (Lipinski definition) is 0. The van der Waals surface area contributed by atoms with E-state index in [1.807, 2.05) is 11.9 Å². The first-order chi connectivity index (χ1) is 14.3. The van der Waals surface area contributed by atoms with Crippen molar-refractivity contribution in [3.05, 3.63) is 35.4 Å². The lowest BCUT2D eigenvalue weighted by molar-refractivity contribution is -0.138. The highest BCUT2D eigenvalue weighted by molar-refractivity contribution is 8.00. The highest BCUT2D eigenvalue weighted by Crippen LogP contribution is 2.50. The second-order valence-electron chi connectivity index (χ2n) is 9.14. The van der Waals surface area contributed by atoms with E-state index < -0.39 is 11.7 Å².